The molecule has 0 atom stereocenters. The highest BCUT2D eigenvalue weighted by Gasteiger charge is 2.25. The molecule has 0 bridgehead atoms. The Morgan fingerprint density at radius 2 is 1.77 bits per heavy atom. The van der Waals surface area contributed by atoms with Crippen LogP contribution in [0.1, 0.15) is 41.8 Å². The van der Waals surface area contributed by atoms with Crippen molar-refractivity contribution in [2.45, 2.75) is 30.6 Å². The summed E-state index contributed by atoms with van der Waals surface area (Å²) in [7, 11) is -3.51. The molecule has 1 aliphatic heterocycles. The predicted octanol–water partition coefficient (Wildman–Crippen LogP) is 2.61. The van der Waals surface area contributed by atoms with Crippen molar-refractivity contribution in [3.8, 4) is 0 Å². The van der Waals surface area contributed by atoms with E-state index in [4.69, 9.17) is 4.42 Å². The van der Waals surface area contributed by atoms with Crippen LogP contribution in [0.15, 0.2) is 57.1 Å². The molecule has 8 heteroatoms. The Hall–Kier alpha value is -2.45. The molecule has 1 fully saturated rings. The topological polar surface area (TPSA) is 92.0 Å². The molecule has 0 radical (unpaired) electrons. The van der Waals surface area contributed by atoms with E-state index in [2.05, 4.69) is 10.5 Å². The van der Waals surface area contributed by atoms with Crippen LogP contribution < -0.4 is 5.43 Å². The number of carbonyl (C=O) groups excluding carboxylic acids is 1. The number of hydrogen-bond acceptors (Lipinski definition) is 5. The lowest BCUT2D eigenvalue weighted by molar-refractivity contribution is 0.0955. The van der Waals surface area contributed by atoms with Gasteiger partial charge in [0.15, 0.2) is 0 Å². The summed E-state index contributed by atoms with van der Waals surface area (Å²) < 4.78 is 32.0. The molecule has 0 spiro atoms. The second kappa shape index (κ2) is 8.29. The van der Waals surface area contributed by atoms with E-state index in [9.17, 15) is 13.2 Å². The van der Waals surface area contributed by atoms with E-state index < -0.39 is 15.9 Å². The van der Waals surface area contributed by atoms with Crippen molar-refractivity contribution in [3.63, 3.8) is 0 Å². The molecular formula is C18H21N3O4S. The molecule has 2 aromatic rings. The minimum atomic E-state index is -3.51. The number of benzene rings is 1. The molecule has 1 N–H and O–H groups in total. The summed E-state index contributed by atoms with van der Waals surface area (Å²) in [6, 6.07) is 9.33. The fourth-order valence-corrected chi connectivity index (χ4v) is 4.31. The molecule has 1 aromatic carbocycles. The van der Waals surface area contributed by atoms with Crippen molar-refractivity contribution in [1.29, 1.82) is 0 Å². The highest BCUT2D eigenvalue weighted by Crippen LogP contribution is 2.20. The Bertz CT molecular complexity index is 850. The van der Waals surface area contributed by atoms with Crippen molar-refractivity contribution in [2.75, 3.05) is 13.1 Å². The second-order valence-electron chi connectivity index (χ2n) is 6.06. The summed E-state index contributed by atoms with van der Waals surface area (Å²) in [5.74, 6) is 0.0933. The number of rotatable bonds is 5. The average molecular weight is 375 g/mol. The van der Waals surface area contributed by atoms with Gasteiger partial charge in [0.25, 0.3) is 5.91 Å². The highest BCUT2D eigenvalue weighted by atomic mass is 32.2. The number of nitrogens with one attached hydrogen (secondary N) is 1. The normalized spacial score (nSPS) is 16.5. The van der Waals surface area contributed by atoms with E-state index in [-0.39, 0.29) is 4.90 Å². The summed E-state index contributed by atoms with van der Waals surface area (Å²) in [5, 5.41) is 3.80. The molecule has 1 aromatic heterocycles. The van der Waals surface area contributed by atoms with E-state index >= 15 is 0 Å². The standard InChI is InChI=1S/C18H21N3O4S/c22-18(20-19-14-16-6-5-13-25-16)15-7-9-17(10-8-15)26(23,24)21-11-3-1-2-4-12-21/h5-10,13-14H,1-4,11-12H2,(H,20,22). The van der Waals surface area contributed by atoms with Crippen molar-refractivity contribution >= 4 is 22.1 Å². The summed E-state index contributed by atoms with van der Waals surface area (Å²) in [5.41, 5.74) is 2.71. The Labute approximate surface area is 152 Å². The van der Waals surface area contributed by atoms with E-state index in [1.807, 2.05) is 0 Å². The Kier molecular flexibility index (Phi) is 5.85. The maximum absolute atomic E-state index is 12.7. The monoisotopic (exact) mass is 375 g/mol. The van der Waals surface area contributed by atoms with Crippen molar-refractivity contribution in [3.05, 3.63) is 54.0 Å². The second-order valence-corrected chi connectivity index (χ2v) is 8.00. The fraction of sp³-hybridized carbons (Fsp3) is 0.333. The summed E-state index contributed by atoms with van der Waals surface area (Å²) in [6.45, 7) is 1.10. The molecule has 0 aliphatic carbocycles. The summed E-state index contributed by atoms with van der Waals surface area (Å²) in [6.07, 6.45) is 6.77. The van der Waals surface area contributed by atoms with Crippen molar-refractivity contribution < 1.29 is 17.6 Å². The van der Waals surface area contributed by atoms with Gasteiger partial charge in [0.2, 0.25) is 10.0 Å². The number of nitrogens with zero attached hydrogens (tertiary/aromatic N) is 2. The largest absolute Gasteiger partial charge is 0.463 e. The van der Waals surface area contributed by atoms with Crippen LogP contribution >= 0.6 is 0 Å². The molecular weight excluding hydrogens is 354 g/mol. The van der Waals surface area contributed by atoms with E-state index in [0.717, 1.165) is 25.7 Å². The van der Waals surface area contributed by atoms with Crippen molar-refractivity contribution in [1.82, 2.24) is 9.73 Å². The van der Waals surface area contributed by atoms with Gasteiger partial charge in [0, 0.05) is 18.7 Å². The molecule has 2 heterocycles. The third kappa shape index (κ3) is 4.39. The van der Waals surface area contributed by atoms with Gasteiger partial charge in [-0.2, -0.15) is 9.41 Å². The maximum Gasteiger partial charge on any atom is 0.271 e. The third-order valence-electron chi connectivity index (χ3n) is 4.22. The molecule has 0 unspecified atom stereocenters. The lowest BCUT2D eigenvalue weighted by Crippen LogP contribution is -2.32. The maximum atomic E-state index is 12.7. The summed E-state index contributed by atoms with van der Waals surface area (Å²) >= 11 is 0. The fourth-order valence-electron chi connectivity index (χ4n) is 2.79. The first kappa shape index (κ1) is 18.3. The van der Waals surface area contributed by atoms with Gasteiger partial charge in [-0.3, -0.25) is 4.79 Å². The minimum Gasteiger partial charge on any atom is -0.463 e. The predicted molar refractivity (Wildman–Crippen MR) is 97.4 cm³/mol. The first-order valence-electron chi connectivity index (χ1n) is 8.54. The molecule has 0 saturated carbocycles. The van der Waals surface area contributed by atoms with Crippen LogP contribution in [0.5, 0.6) is 0 Å². The molecule has 1 aliphatic rings. The lowest BCUT2D eigenvalue weighted by atomic mass is 10.2. The zero-order valence-corrected chi connectivity index (χ0v) is 15.1. The van der Waals surface area contributed by atoms with Crippen LogP contribution in [0.4, 0.5) is 0 Å². The van der Waals surface area contributed by atoms with Crippen molar-refractivity contribution in [2.24, 2.45) is 5.10 Å². The third-order valence-corrected chi connectivity index (χ3v) is 6.13. The van der Waals surface area contributed by atoms with E-state index in [1.54, 1.807) is 12.1 Å². The molecule has 138 valence electrons. The van der Waals surface area contributed by atoms with Crippen LogP contribution in [-0.2, 0) is 10.0 Å². The number of furan rings is 1. The van der Waals surface area contributed by atoms with E-state index in [1.165, 1.54) is 41.0 Å². The average Bonchev–Trinajstić information content (AvgIpc) is 3.00. The Morgan fingerprint density at radius 1 is 1.08 bits per heavy atom. The number of hydrazone groups is 1. The van der Waals surface area contributed by atoms with Gasteiger partial charge in [0.05, 0.1) is 17.4 Å². The zero-order chi connectivity index (χ0) is 18.4. The number of carbonyl (C=O) groups is 1. The van der Waals surface area contributed by atoms with Gasteiger partial charge < -0.3 is 4.42 Å². The molecule has 1 saturated heterocycles. The first-order valence-corrected chi connectivity index (χ1v) is 9.98. The lowest BCUT2D eigenvalue weighted by Gasteiger charge is -2.19. The van der Waals surface area contributed by atoms with Gasteiger partial charge in [-0.1, -0.05) is 12.8 Å². The number of amides is 1. The van der Waals surface area contributed by atoms with E-state index in [0.29, 0.717) is 24.4 Å². The molecule has 3 rings (SSSR count). The molecule has 26 heavy (non-hydrogen) atoms. The Balaban J connectivity index is 1.66. The zero-order valence-electron chi connectivity index (χ0n) is 14.3. The van der Waals surface area contributed by atoms with Gasteiger partial charge in [0.1, 0.15) is 5.76 Å². The molecule has 7 nitrogen and oxygen atoms in total. The number of hydrogen-bond donors (Lipinski definition) is 1. The van der Waals surface area contributed by atoms with Gasteiger partial charge in [-0.05, 0) is 49.2 Å². The van der Waals surface area contributed by atoms with Crippen LogP contribution in [0.2, 0.25) is 0 Å². The Morgan fingerprint density at radius 3 is 2.38 bits per heavy atom. The van der Waals surface area contributed by atoms with Gasteiger partial charge in [-0.15, -0.1) is 0 Å². The summed E-state index contributed by atoms with van der Waals surface area (Å²) in [4.78, 5) is 12.3. The van der Waals surface area contributed by atoms with Crippen LogP contribution in [0.25, 0.3) is 0 Å². The SMILES string of the molecule is O=C(NN=Cc1ccco1)c1ccc(S(=O)(=O)N2CCCCCC2)cc1. The smallest absolute Gasteiger partial charge is 0.271 e. The molecule has 1 amide bonds. The number of sulfonamides is 1. The van der Waals surface area contributed by atoms with Gasteiger partial charge >= 0.3 is 0 Å². The van der Waals surface area contributed by atoms with Gasteiger partial charge in [-0.25, -0.2) is 13.8 Å². The highest BCUT2D eigenvalue weighted by molar-refractivity contribution is 7.89. The first-order chi connectivity index (χ1) is 12.6. The quantitative estimate of drug-likeness (QED) is 0.642. The van der Waals surface area contributed by atoms with Crippen LogP contribution in [0.3, 0.4) is 0 Å². The van der Waals surface area contributed by atoms with Crippen LogP contribution in [-0.4, -0.2) is 37.9 Å². The van der Waals surface area contributed by atoms with Crippen LogP contribution in [0, 0.1) is 0 Å². The minimum absolute atomic E-state index is 0.204.